The van der Waals surface area contributed by atoms with E-state index in [9.17, 15) is 0 Å². The van der Waals surface area contributed by atoms with Crippen LogP contribution in [0.15, 0.2) is 24.3 Å². The minimum Gasteiger partial charge on any atom is -0.289 e. The predicted molar refractivity (Wildman–Crippen MR) is 99.3 cm³/mol. The molecule has 0 aliphatic carbocycles. The minimum atomic E-state index is 0.420. The molecular weight excluding hydrogens is 310 g/mol. The Kier molecular flexibility index (Phi) is 4.04. The molecule has 1 atom stereocenters. The summed E-state index contributed by atoms with van der Waals surface area (Å²) in [7, 11) is 2.03. The largest absolute Gasteiger partial charge is 0.289 e. The highest BCUT2D eigenvalue weighted by Crippen LogP contribution is 2.36. The van der Waals surface area contributed by atoms with Gasteiger partial charge in [0.15, 0.2) is 0 Å². The third-order valence-electron chi connectivity index (χ3n) is 5.45. The first-order chi connectivity index (χ1) is 12.0. The summed E-state index contributed by atoms with van der Waals surface area (Å²) in [6.07, 6.45) is 2.39. The molecule has 0 amide bonds. The van der Waals surface area contributed by atoms with Crippen LogP contribution in [-0.4, -0.2) is 31.2 Å². The van der Waals surface area contributed by atoms with Crippen LogP contribution in [0, 0.1) is 20.8 Å². The molecule has 2 aromatic heterocycles. The molecule has 4 rings (SSSR count). The Morgan fingerprint density at radius 2 is 1.88 bits per heavy atom. The maximum Gasteiger partial charge on any atom is 0.143 e. The van der Waals surface area contributed by atoms with Gasteiger partial charge in [-0.15, -0.1) is 0 Å². The van der Waals surface area contributed by atoms with Gasteiger partial charge in [-0.1, -0.05) is 18.2 Å². The molecule has 1 fully saturated rings. The number of para-hydroxylation sites is 1. The monoisotopic (exact) mass is 335 g/mol. The van der Waals surface area contributed by atoms with E-state index in [0.29, 0.717) is 6.04 Å². The van der Waals surface area contributed by atoms with Gasteiger partial charge >= 0.3 is 0 Å². The van der Waals surface area contributed by atoms with Gasteiger partial charge in [0, 0.05) is 35.4 Å². The van der Waals surface area contributed by atoms with Crippen molar-refractivity contribution in [2.75, 3.05) is 6.54 Å². The van der Waals surface area contributed by atoms with Crippen molar-refractivity contribution >= 4 is 10.9 Å². The third kappa shape index (κ3) is 2.82. The highest BCUT2D eigenvalue weighted by atomic mass is 15.3. The van der Waals surface area contributed by atoms with Gasteiger partial charge in [-0.2, -0.15) is 5.10 Å². The fourth-order valence-corrected chi connectivity index (χ4v) is 4.16. The fourth-order valence-electron chi connectivity index (χ4n) is 4.16. The lowest BCUT2D eigenvalue weighted by atomic mass is 10.0. The molecule has 0 radical (unpaired) electrons. The molecule has 0 saturated carbocycles. The summed E-state index contributed by atoms with van der Waals surface area (Å²) in [5.74, 6) is 0.919. The number of aryl methyl sites for hydroxylation is 3. The summed E-state index contributed by atoms with van der Waals surface area (Å²) in [5, 5.41) is 5.75. The van der Waals surface area contributed by atoms with Crippen LogP contribution in [-0.2, 0) is 13.6 Å². The zero-order chi connectivity index (χ0) is 17.6. The lowest BCUT2D eigenvalue weighted by Gasteiger charge is -2.24. The molecule has 1 aliphatic heterocycles. The van der Waals surface area contributed by atoms with Crippen LogP contribution in [0.3, 0.4) is 0 Å². The molecule has 3 aromatic rings. The van der Waals surface area contributed by atoms with Crippen LogP contribution in [0.5, 0.6) is 0 Å². The quantitative estimate of drug-likeness (QED) is 0.733. The number of aromatic nitrogens is 4. The molecule has 1 saturated heterocycles. The molecule has 3 heterocycles. The van der Waals surface area contributed by atoms with Gasteiger partial charge in [0.1, 0.15) is 5.82 Å². The first-order valence-electron chi connectivity index (χ1n) is 9.01. The van der Waals surface area contributed by atoms with E-state index in [1.165, 1.54) is 24.1 Å². The summed E-state index contributed by atoms with van der Waals surface area (Å²) in [5.41, 5.74) is 5.90. The number of nitrogens with zero attached hydrogens (tertiary/aromatic N) is 5. The van der Waals surface area contributed by atoms with Crippen LogP contribution in [0.4, 0.5) is 0 Å². The van der Waals surface area contributed by atoms with Gasteiger partial charge in [0.25, 0.3) is 0 Å². The second-order valence-electron chi connectivity index (χ2n) is 7.08. The Labute approximate surface area is 148 Å². The van der Waals surface area contributed by atoms with Gasteiger partial charge in [-0.3, -0.25) is 9.58 Å². The normalized spacial score (nSPS) is 18.3. The van der Waals surface area contributed by atoms with Crippen LogP contribution >= 0.6 is 0 Å². The van der Waals surface area contributed by atoms with Crippen LogP contribution in [0.2, 0.25) is 0 Å². The van der Waals surface area contributed by atoms with E-state index in [-0.39, 0.29) is 0 Å². The number of benzene rings is 1. The van der Waals surface area contributed by atoms with E-state index in [4.69, 9.17) is 9.97 Å². The maximum atomic E-state index is 4.80. The van der Waals surface area contributed by atoms with Crippen LogP contribution < -0.4 is 0 Å². The van der Waals surface area contributed by atoms with Crippen molar-refractivity contribution in [3.63, 3.8) is 0 Å². The highest BCUT2D eigenvalue weighted by molar-refractivity contribution is 5.80. The van der Waals surface area contributed by atoms with Crippen molar-refractivity contribution in [1.82, 2.24) is 24.6 Å². The van der Waals surface area contributed by atoms with Gasteiger partial charge in [0.2, 0.25) is 0 Å². The molecule has 5 nitrogen and oxygen atoms in total. The molecule has 0 spiro atoms. The van der Waals surface area contributed by atoms with Crippen molar-refractivity contribution < 1.29 is 0 Å². The minimum absolute atomic E-state index is 0.420. The van der Waals surface area contributed by atoms with E-state index in [0.717, 1.165) is 41.2 Å². The topological polar surface area (TPSA) is 46.8 Å². The summed E-state index contributed by atoms with van der Waals surface area (Å²) >= 11 is 0. The van der Waals surface area contributed by atoms with Gasteiger partial charge < -0.3 is 0 Å². The first-order valence-corrected chi connectivity index (χ1v) is 9.01. The van der Waals surface area contributed by atoms with E-state index in [1.54, 1.807) is 0 Å². The van der Waals surface area contributed by atoms with Crippen molar-refractivity contribution in [3.05, 3.63) is 52.7 Å². The van der Waals surface area contributed by atoms with Crippen LogP contribution in [0.1, 0.15) is 47.4 Å². The molecule has 1 unspecified atom stereocenters. The molecule has 0 N–H and O–H groups in total. The predicted octanol–water partition coefficient (Wildman–Crippen LogP) is 3.63. The zero-order valence-electron chi connectivity index (χ0n) is 15.5. The third-order valence-corrected chi connectivity index (χ3v) is 5.45. The lowest BCUT2D eigenvalue weighted by Crippen LogP contribution is -2.25. The molecule has 130 valence electrons. The smallest absolute Gasteiger partial charge is 0.143 e. The van der Waals surface area contributed by atoms with Gasteiger partial charge in [0.05, 0.1) is 17.8 Å². The number of likely N-dealkylation sites (tertiary alicyclic amines) is 1. The van der Waals surface area contributed by atoms with E-state index < -0.39 is 0 Å². The standard InChI is InChI=1S/C20H25N5/c1-13-16-8-5-6-9-17(16)22-19(21-13)12-25-11-7-10-18(25)20-14(2)23-24(4)15(20)3/h5-6,8-9,18H,7,10-12H2,1-4H3. The second-order valence-corrected chi connectivity index (χ2v) is 7.08. The average molecular weight is 335 g/mol. The molecule has 0 bridgehead atoms. The Morgan fingerprint density at radius 1 is 1.08 bits per heavy atom. The Morgan fingerprint density at radius 3 is 2.64 bits per heavy atom. The SMILES string of the molecule is Cc1nn(C)c(C)c1C1CCCN1Cc1nc(C)c2ccccc2n1. The molecule has 1 aliphatic rings. The highest BCUT2D eigenvalue weighted by Gasteiger charge is 2.30. The first kappa shape index (κ1) is 16.2. The Hall–Kier alpha value is -2.27. The van der Waals surface area contributed by atoms with Crippen molar-refractivity contribution in [2.45, 2.75) is 46.2 Å². The molecule has 1 aromatic carbocycles. The summed E-state index contributed by atoms with van der Waals surface area (Å²) in [6.45, 7) is 8.25. The van der Waals surface area contributed by atoms with Crippen LogP contribution in [0.25, 0.3) is 10.9 Å². The molecule has 5 heteroatoms. The average Bonchev–Trinajstić information content (AvgIpc) is 3.12. The summed E-state index contributed by atoms with van der Waals surface area (Å²) in [4.78, 5) is 12.1. The van der Waals surface area contributed by atoms with Gasteiger partial charge in [-0.05, 0) is 46.2 Å². The number of rotatable bonds is 3. The van der Waals surface area contributed by atoms with E-state index in [2.05, 4.69) is 42.9 Å². The number of fused-ring (bicyclic) bond motifs is 1. The van der Waals surface area contributed by atoms with Crippen molar-refractivity contribution in [3.8, 4) is 0 Å². The maximum absolute atomic E-state index is 4.80. The molecule has 25 heavy (non-hydrogen) atoms. The Bertz CT molecular complexity index is 927. The summed E-state index contributed by atoms with van der Waals surface area (Å²) in [6, 6.07) is 8.67. The molecular formula is C20H25N5. The zero-order valence-corrected chi connectivity index (χ0v) is 15.5. The van der Waals surface area contributed by atoms with Crippen molar-refractivity contribution in [1.29, 1.82) is 0 Å². The number of hydrogen-bond donors (Lipinski definition) is 0. The number of hydrogen-bond acceptors (Lipinski definition) is 4. The lowest BCUT2D eigenvalue weighted by molar-refractivity contribution is 0.241. The van der Waals surface area contributed by atoms with Crippen molar-refractivity contribution in [2.24, 2.45) is 7.05 Å². The second kappa shape index (κ2) is 6.23. The fraction of sp³-hybridized carbons (Fsp3) is 0.450. The summed E-state index contributed by atoms with van der Waals surface area (Å²) < 4.78 is 2.00. The van der Waals surface area contributed by atoms with E-state index >= 15 is 0 Å². The Balaban J connectivity index is 1.66. The van der Waals surface area contributed by atoms with Gasteiger partial charge in [-0.25, -0.2) is 9.97 Å². The van der Waals surface area contributed by atoms with E-state index in [1.807, 2.05) is 23.9 Å².